The van der Waals surface area contributed by atoms with Gasteiger partial charge in [0.05, 0.1) is 11.8 Å². The average molecular weight is 306 g/mol. The van der Waals surface area contributed by atoms with Gasteiger partial charge < -0.3 is 9.74 Å². The first-order chi connectivity index (χ1) is 11.3. The molecule has 1 fully saturated rings. The van der Waals surface area contributed by atoms with E-state index >= 15 is 0 Å². The van der Waals surface area contributed by atoms with Crippen molar-refractivity contribution in [3.63, 3.8) is 0 Å². The second-order valence-electron chi connectivity index (χ2n) is 6.09. The number of hydrogen-bond acceptors (Lipinski definition) is 3. The van der Waals surface area contributed by atoms with Crippen LogP contribution in [0.5, 0.6) is 0 Å². The summed E-state index contributed by atoms with van der Waals surface area (Å²) in [5.41, 5.74) is 3.05. The molecule has 2 aliphatic heterocycles. The van der Waals surface area contributed by atoms with Crippen molar-refractivity contribution in [2.24, 2.45) is 11.1 Å². The van der Waals surface area contributed by atoms with Crippen LogP contribution in [-0.2, 0) is 16.1 Å². The third-order valence-electron chi connectivity index (χ3n) is 4.72. The third kappa shape index (κ3) is 2.31. The van der Waals surface area contributed by atoms with Gasteiger partial charge in [-0.2, -0.15) is 0 Å². The molecule has 2 aromatic rings. The van der Waals surface area contributed by atoms with Crippen molar-refractivity contribution < 1.29 is 9.63 Å². The molecule has 2 heterocycles. The van der Waals surface area contributed by atoms with Gasteiger partial charge in [-0.1, -0.05) is 65.8 Å². The van der Waals surface area contributed by atoms with Crippen molar-refractivity contribution in [2.75, 3.05) is 7.05 Å². The first-order valence-electron chi connectivity index (χ1n) is 7.85. The summed E-state index contributed by atoms with van der Waals surface area (Å²) in [7, 11) is 1.86. The molecule has 1 amide bonds. The van der Waals surface area contributed by atoms with E-state index in [0.717, 1.165) is 17.7 Å². The van der Waals surface area contributed by atoms with Crippen LogP contribution in [0.4, 0.5) is 0 Å². The first kappa shape index (κ1) is 14.0. The Bertz CT molecular complexity index is 742. The summed E-state index contributed by atoms with van der Waals surface area (Å²) in [6.45, 7) is 0. The Morgan fingerprint density at radius 2 is 1.70 bits per heavy atom. The number of likely N-dealkylation sites (tertiary alicyclic amines) is 1. The Morgan fingerprint density at radius 3 is 2.39 bits per heavy atom. The molecular formula is C19H18N2O2. The Balaban J connectivity index is 1.62. The molecule has 0 N–H and O–H groups in total. The number of carbonyl (C=O) groups excluding carboxylic acids is 1. The molecule has 4 rings (SSSR count). The Hall–Kier alpha value is -2.62. The van der Waals surface area contributed by atoms with Gasteiger partial charge >= 0.3 is 0 Å². The van der Waals surface area contributed by atoms with Gasteiger partial charge in [-0.05, 0) is 17.5 Å². The molecule has 4 heteroatoms. The molecule has 2 aliphatic rings. The smallest absolute Gasteiger partial charge is 0.236 e. The van der Waals surface area contributed by atoms with Crippen LogP contribution in [0.3, 0.4) is 0 Å². The number of likely N-dealkylation sites (N-methyl/N-ethyl adjacent to an activating group) is 1. The molecule has 0 saturated carbocycles. The van der Waals surface area contributed by atoms with Crippen LogP contribution in [0.2, 0.25) is 0 Å². The minimum absolute atomic E-state index is 0.0244. The fourth-order valence-electron chi connectivity index (χ4n) is 3.46. The molecule has 1 saturated heterocycles. The minimum atomic E-state index is -0.304. The van der Waals surface area contributed by atoms with E-state index in [4.69, 9.17) is 4.84 Å². The normalized spacial score (nSPS) is 26.0. The molecule has 0 aliphatic carbocycles. The standard InChI is InChI=1S/C19H18N2O2/c1-21-15(12-13-8-4-2-5-9-13)17-16(19(21)22)18(23-20-17)14-10-6-3-7-11-14/h2-11,15-16,18H,12H2,1H3/t15-,16+,18-/m0/s1. The second kappa shape index (κ2) is 5.54. The zero-order chi connectivity index (χ0) is 15.8. The summed E-state index contributed by atoms with van der Waals surface area (Å²) in [6.07, 6.45) is 0.463. The Morgan fingerprint density at radius 1 is 1.04 bits per heavy atom. The molecule has 116 valence electrons. The second-order valence-corrected chi connectivity index (χ2v) is 6.09. The Kier molecular flexibility index (Phi) is 3.37. The van der Waals surface area contributed by atoms with Crippen molar-refractivity contribution in [1.82, 2.24) is 4.90 Å². The maximum absolute atomic E-state index is 12.7. The van der Waals surface area contributed by atoms with Gasteiger partial charge in [0, 0.05) is 7.05 Å². The van der Waals surface area contributed by atoms with E-state index in [0.29, 0.717) is 0 Å². The van der Waals surface area contributed by atoms with Gasteiger partial charge in [0.25, 0.3) is 0 Å². The van der Waals surface area contributed by atoms with Gasteiger partial charge in [-0.3, -0.25) is 4.79 Å². The molecule has 0 aromatic heterocycles. The summed E-state index contributed by atoms with van der Waals surface area (Å²) in [6, 6.07) is 20.0. The summed E-state index contributed by atoms with van der Waals surface area (Å²) < 4.78 is 0. The predicted molar refractivity (Wildman–Crippen MR) is 87.9 cm³/mol. The van der Waals surface area contributed by atoms with Crippen LogP contribution in [-0.4, -0.2) is 29.6 Å². The third-order valence-corrected chi connectivity index (χ3v) is 4.72. The lowest BCUT2D eigenvalue weighted by Crippen LogP contribution is -2.34. The molecule has 4 nitrogen and oxygen atoms in total. The molecular weight excluding hydrogens is 288 g/mol. The van der Waals surface area contributed by atoms with Crippen molar-refractivity contribution in [2.45, 2.75) is 18.6 Å². The van der Waals surface area contributed by atoms with Crippen LogP contribution >= 0.6 is 0 Å². The van der Waals surface area contributed by atoms with E-state index in [1.165, 1.54) is 5.56 Å². The lowest BCUT2D eigenvalue weighted by atomic mass is 9.90. The van der Waals surface area contributed by atoms with Gasteiger partial charge in [-0.15, -0.1) is 0 Å². The maximum Gasteiger partial charge on any atom is 0.236 e. The van der Waals surface area contributed by atoms with Crippen LogP contribution < -0.4 is 0 Å². The number of amides is 1. The topological polar surface area (TPSA) is 41.9 Å². The molecule has 0 spiro atoms. The van der Waals surface area contributed by atoms with E-state index in [9.17, 15) is 4.79 Å². The lowest BCUT2D eigenvalue weighted by molar-refractivity contribution is -0.133. The van der Waals surface area contributed by atoms with Crippen molar-refractivity contribution in [3.05, 3.63) is 71.8 Å². The minimum Gasteiger partial charge on any atom is -0.386 e. The van der Waals surface area contributed by atoms with Gasteiger partial charge in [0.2, 0.25) is 5.91 Å². The maximum atomic E-state index is 12.7. The zero-order valence-corrected chi connectivity index (χ0v) is 12.9. The largest absolute Gasteiger partial charge is 0.386 e. The fraction of sp³-hybridized carbons (Fsp3) is 0.263. The van der Waals surface area contributed by atoms with Gasteiger partial charge in [0.15, 0.2) is 6.10 Å². The summed E-state index contributed by atoms with van der Waals surface area (Å²) in [5, 5.41) is 4.29. The van der Waals surface area contributed by atoms with Crippen LogP contribution in [0, 0.1) is 5.92 Å². The van der Waals surface area contributed by atoms with Gasteiger partial charge in [0.1, 0.15) is 5.92 Å². The SMILES string of the molecule is CN1C(=O)[C@@H]2C(=NO[C@H]2c2ccccc2)[C@@H]1Cc1ccccc1. The van der Waals surface area contributed by atoms with Crippen molar-refractivity contribution in [1.29, 1.82) is 0 Å². The lowest BCUT2D eigenvalue weighted by Gasteiger charge is -2.20. The van der Waals surface area contributed by atoms with Crippen molar-refractivity contribution >= 4 is 11.6 Å². The van der Waals surface area contributed by atoms with E-state index in [1.807, 2.05) is 60.5 Å². The molecule has 0 radical (unpaired) electrons. The number of oxime groups is 1. The van der Waals surface area contributed by atoms with E-state index in [-0.39, 0.29) is 24.0 Å². The molecule has 23 heavy (non-hydrogen) atoms. The van der Waals surface area contributed by atoms with E-state index < -0.39 is 0 Å². The van der Waals surface area contributed by atoms with E-state index in [1.54, 1.807) is 0 Å². The number of rotatable bonds is 3. The summed E-state index contributed by atoms with van der Waals surface area (Å²) in [5.74, 6) is -0.202. The fourth-order valence-corrected chi connectivity index (χ4v) is 3.46. The number of fused-ring (bicyclic) bond motifs is 1. The monoisotopic (exact) mass is 306 g/mol. The highest BCUT2D eigenvalue weighted by Gasteiger charge is 2.52. The highest BCUT2D eigenvalue weighted by Crippen LogP contribution is 2.40. The molecule has 2 aromatic carbocycles. The number of benzene rings is 2. The zero-order valence-electron chi connectivity index (χ0n) is 12.9. The highest BCUT2D eigenvalue weighted by molar-refractivity contribution is 6.14. The van der Waals surface area contributed by atoms with Crippen LogP contribution in [0.1, 0.15) is 17.2 Å². The van der Waals surface area contributed by atoms with Gasteiger partial charge in [-0.25, -0.2) is 0 Å². The number of carbonyl (C=O) groups is 1. The van der Waals surface area contributed by atoms with Crippen LogP contribution in [0.15, 0.2) is 65.8 Å². The number of hydrogen-bond donors (Lipinski definition) is 0. The van der Waals surface area contributed by atoms with E-state index in [2.05, 4.69) is 17.3 Å². The van der Waals surface area contributed by atoms with Crippen LogP contribution in [0.25, 0.3) is 0 Å². The summed E-state index contributed by atoms with van der Waals surface area (Å²) >= 11 is 0. The molecule has 3 atom stereocenters. The molecule has 0 bridgehead atoms. The van der Waals surface area contributed by atoms with Crippen molar-refractivity contribution in [3.8, 4) is 0 Å². The first-order valence-corrected chi connectivity index (χ1v) is 7.85. The average Bonchev–Trinajstić information content (AvgIpc) is 3.13. The summed E-state index contributed by atoms with van der Waals surface area (Å²) in [4.78, 5) is 20.2. The molecule has 0 unspecified atom stereocenters. The number of nitrogens with zero attached hydrogens (tertiary/aromatic N) is 2. The predicted octanol–water partition coefficient (Wildman–Crippen LogP) is 2.81. The Labute approximate surface area is 135 Å². The quantitative estimate of drug-likeness (QED) is 0.875. The highest BCUT2D eigenvalue weighted by atomic mass is 16.6.